The van der Waals surface area contributed by atoms with Crippen LogP contribution in [0.4, 0.5) is 5.69 Å². The number of para-hydroxylation sites is 1. The maximum Gasteiger partial charge on any atom is 0.208 e. The number of Topliss-reactive ketones (excluding diaryl/α,β-unsaturated/α-hetero) is 1. The third-order valence-corrected chi connectivity index (χ3v) is 3.98. The molecule has 0 saturated heterocycles. The fourth-order valence-electron chi connectivity index (χ4n) is 2.85. The molecule has 0 bridgehead atoms. The number of ketones is 1. The number of carbonyl (C=O) groups excluding carboxylic acids is 1. The van der Waals surface area contributed by atoms with Gasteiger partial charge in [0.25, 0.3) is 0 Å². The minimum absolute atomic E-state index is 0.0181. The van der Waals surface area contributed by atoms with Gasteiger partial charge in [-0.2, -0.15) is 0 Å². The van der Waals surface area contributed by atoms with Gasteiger partial charge in [0.1, 0.15) is 12.4 Å². The number of furan rings is 1. The molecule has 4 nitrogen and oxygen atoms in total. The van der Waals surface area contributed by atoms with E-state index in [0.717, 1.165) is 30.1 Å². The number of rotatable bonds is 5. The zero-order valence-corrected chi connectivity index (χ0v) is 12.3. The van der Waals surface area contributed by atoms with Crippen LogP contribution in [0.25, 0.3) is 0 Å². The topological polar surface area (TPSA) is 42.7 Å². The zero-order chi connectivity index (χ0) is 14.8. The summed E-state index contributed by atoms with van der Waals surface area (Å²) in [7, 11) is 0. The SMILES string of the molecule is CCN(CC)c1cccc2c1OCC2C(=O)c1ccco1. The van der Waals surface area contributed by atoms with Gasteiger partial charge in [-0.15, -0.1) is 0 Å². The van der Waals surface area contributed by atoms with Gasteiger partial charge in [-0.05, 0) is 32.0 Å². The second kappa shape index (κ2) is 5.64. The molecule has 1 aliphatic rings. The Hall–Kier alpha value is -2.23. The van der Waals surface area contributed by atoms with Crippen molar-refractivity contribution >= 4 is 11.5 Å². The first-order valence-electron chi connectivity index (χ1n) is 7.34. The first-order chi connectivity index (χ1) is 10.3. The van der Waals surface area contributed by atoms with Gasteiger partial charge >= 0.3 is 0 Å². The first kappa shape index (κ1) is 13.7. The van der Waals surface area contributed by atoms with E-state index in [-0.39, 0.29) is 11.7 Å². The highest BCUT2D eigenvalue weighted by Crippen LogP contribution is 2.42. The molecule has 0 N–H and O–H groups in total. The zero-order valence-electron chi connectivity index (χ0n) is 12.3. The van der Waals surface area contributed by atoms with Gasteiger partial charge in [0, 0.05) is 18.7 Å². The Morgan fingerprint density at radius 1 is 1.24 bits per heavy atom. The Kier molecular flexibility index (Phi) is 3.69. The number of nitrogens with zero attached hydrogens (tertiary/aromatic N) is 1. The number of hydrogen-bond donors (Lipinski definition) is 0. The predicted molar refractivity (Wildman–Crippen MR) is 81.3 cm³/mol. The summed E-state index contributed by atoms with van der Waals surface area (Å²) in [6.07, 6.45) is 1.52. The molecule has 0 radical (unpaired) electrons. The summed E-state index contributed by atoms with van der Waals surface area (Å²) >= 11 is 0. The second-order valence-corrected chi connectivity index (χ2v) is 5.07. The van der Waals surface area contributed by atoms with E-state index in [0.29, 0.717) is 12.4 Å². The summed E-state index contributed by atoms with van der Waals surface area (Å²) in [6.45, 7) is 6.43. The lowest BCUT2D eigenvalue weighted by molar-refractivity contribution is 0.0920. The van der Waals surface area contributed by atoms with E-state index >= 15 is 0 Å². The van der Waals surface area contributed by atoms with Crippen molar-refractivity contribution < 1.29 is 13.9 Å². The number of fused-ring (bicyclic) bond motifs is 1. The average Bonchev–Trinajstić information content (AvgIpc) is 3.18. The van der Waals surface area contributed by atoms with E-state index in [4.69, 9.17) is 9.15 Å². The molecule has 2 heterocycles. The predicted octanol–water partition coefficient (Wildman–Crippen LogP) is 3.48. The summed E-state index contributed by atoms with van der Waals surface area (Å²) in [5, 5.41) is 0. The molecule has 110 valence electrons. The molecule has 4 heteroatoms. The third-order valence-electron chi connectivity index (χ3n) is 3.98. The number of carbonyl (C=O) groups is 1. The van der Waals surface area contributed by atoms with Crippen molar-refractivity contribution in [3.63, 3.8) is 0 Å². The van der Waals surface area contributed by atoms with Crippen LogP contribution in [-0.2, 0) is 0 Å². The van der Waals surface area contributed by atoms with Crippen molar-refractivity contribution in [2.45, 2.75) is 19.8 Å². The highest BCUT2D eigenvalue weighted by molar-refractivity contribution is 6.00. The number of anilines is 1. The first-order valence-corrected chi connectivity index (χ1v) is 7.34. The van der Waals surface area contributed by atoms with Gasteiger partial charge in [0.05, 0.1) is 17.9 Å². The van der Waals surface area contributed by atoms with Crippen molar-refractivity contribution in [1.29, 1.82) is 0 Å². The molecule has 21 heavy (non-hydrogen) atoms. The second-order valence-electron chi connectivity index (χ2n) is 5.07. The van der Waals surface area contributed by atoms with Crippen molar-refractivity contribution in [2.75, 3.05) is 24.6 Å². The summed E-state index contributed by atoms with van der Waals surface area (Å²) < 4.78 is 11.1. The van der Waals surface area contributed by atoms with Crippen LogP contribution in [0.1, 0.15) is 35.9 Å². The fourth-order valence-corrected chi connectivity index (χ4v) is 2.85. The van der Waals surface area contributed by atoms with Gasteiger partial charge < -0.3 is 14.1 Å². The molecule has 1 aromatic heterocycles. The smallest absolute Gasteiger partial charge is 0.208 e. The normalized spacial score (nSPS) is 16.4. The maximum absolute atomic E-state index is 12.5. The molecule has 0 aliphatic carbocycles. The standard InChI is InChI=1S/C17H19NO3/c1-3-18(4-2)14-8-5-7-12-13(11-21-17(12)14)16(19)15-9-6-10-20-15/h5-10,13H,3-4,11H2,1-2H3. The van der Waals surface area contributed by atoms with E-state index in [1.807, 2.05) is 18.2 Å². The molecule has 1 unspecified atom stereocenters. The largest absolute Gasteiger partial charge is 0.490 e. The minimum atomic E-state index is -0.276. The quantitative estimate of drug-likeness (QED) is 0.789. The summed E-state index contributed by atoms with van der Waals surface area (Å²) in [5.41, 5.74) is 2.02. The molecule has 1 aromatic carbocycles. The lowest BCUT2D eigenvalue weighted by Crippen LogP contribution is -2.22. The molecule has 0 amide bonds. The van der Waals surface area contributed by atoms with E-state index in [9.17, 15) is 4.79 Å². The molecule has 0 fully saturated rings. The van der Waals surface area contributed by atoms with Crippen molar-refractivity contribution in [3.05, 3.63) is 47.9 Å². The molecule has 1 atom stereocenters. The van der Waals surface area contributed by atoms with Gasteiger partial charge in [-0.1, -0.05) is 12.1 Å². The Labute approximate surface area is 124 Å². The minimum Gasteiger partial charge on any atom is -0.490 e. The summed E-state index contributed by atoms with van der Waals surface area (Å²) in [6, 6.07) is 9.45. The van der Waals surface area contributed by atoms with Crippen LogP contribution in [-0.4, -0.2) is 25.5 Å². The Morgan fingerprint density at radius 2 is 2.05 bits per heavy atom. The third kappa shape index (κ3) is 2.31. The summed E-state index contributed by atoms with van der Waals surface area (Å²) in [4.78, 5) is 14.7. The Balaban J connectivity index is 1.96. The summed E-state index contributed by atoms with van der Waals surface area (Å²) in [5.74, 6) is 0.938. The van der Waals surface area contributed by atoms with Crippen LogP contribution in [0, 0.1) is 0 Å². The lowest BCUT2D eigenvalue weighted by atomic mass is 9.95. The van der Waals surface area contributed by atoms with Gasteiger partial charge in [-0.25, -0.2) is 0 Å². The fraction of sp³-hybridized carbons (Fsp3) is 0.353. The van der Waals surface area contributed by atoms with Crippen molar-refractivity contribution in [1.82, 2.24) is 0 Å². The molecule has 3 rings (SSSR count). The molecule has 0 saturated carbocycles. The van der Waals surface area contributed by atoms with E-state index in [1.165, 1.54) is 6.26 Å². The van der Waals surface area contributed by atoms with Crippen LogP contribution < -0.4 is 9.64 Å². The van der Waals surface area contributed by atoms with Gasteiger partial charge in [-0.3, -0.25) is 4.79 Å². The van der Waals surface area contributed by atoms with E-state index < -0.39 is 0 Å². The van der Waals surface area contributed by atoms with Crippen LogP contribution in [0.2, 0.25) is 0 Å². The van der Waals surface area contributed by atoms with Gasteiger partial charge in [0.15, 0.2) is 5.76 Å². The number of hydrogen-bond acceptors (Lipinski definition) is 4. The van der Waals surface area contributed by atoms with Crippen LogP contribution in [0.3, 0.4) is 0 Å². The average molecular weight is 285 g/mol. The lowest BCUT2D eigenvalue weighted by Gasteiger charge is -2.23. The molecule has 0 spiro atoms. The number of ether oxygens (including phenoxy) is 1. The van der Waals surface area contributed by atoms with Crippen molar-refractivity contribution in [3.8, 4) is 5.75 Å². The van der Waals surface area contributed by atoms with E-state index in [1.54, 1.807) is 12.1 Å². The Bertz CT molecular complexity index is 629. The van der Waals surface area contributed by atoms with Crippen LogP contribution in [0.5, 0.6) is 5.75 Å². The molecule has 2 aromatic rings. The van der Waals surface area contributed by atoms with Crippen molar-refractivity contribution in [2.24, 2.45) is 0 Å². The highest BCUT2D eigenvalue weighted by atomic mass is 16.5. The molecular weight excluding hydrogens is 266 g/mol. The molecule has 1 aliphatic heterocycles. The van der Waals surface area contributed by atoms with E-state index in [2.05, 4.69) is 18.7 Å². The van der Waals surface area contributed by atoms with Gasteiger partial charge in [0.2, 0.25) is 5.78 Å². The maximum atomic E-state index is 12.5. The number of benzene rings is 1. The highest BCUT2D eigenvalue weighted by Gasteiger charge is 2.34. The molecular formula is C17H19NO3. The Morgan fingerprint density at radius 3 is 2.71 bits per heavy atom. The monoisotopic (exact) mass is 285 g/mol. The van der Waals surface area contributed by atoms with Crippen LogP contribution >= 0.6 is 0 Å². The van der Waals surface area contributed by atoms with Crippen LogP contribution in [0.15, 0.2) is 41.0 Å².